The van der Waals surface area contributed by atoms with E-state index >= 15 is 0 Å². The zero-order valence-corrected chi connectivity index (χ0v) is 12.0. The summed E-state index contributed by atoms with van der Waals surface area (Å²) in [5.41, 5.74) is 7.21. The van der Waals surface area contributed by atoms with Gasteiger partial charge in [-0.2, -0.15) is 0 Å². The maximum absolute atomic E-state index is 9.19. The van der Waals surface area contributed by atoms with E-state index in [0.717, 1.165) is 17.9 Å². The van der Waals surface area contributed by atoms with Crippen LogP contribution in [-0.4, -0.2) is 60.6 Å². The maximum Gasteiger partial charge on any atom is 0.170 e. The molecule has 1 saturated heterocycles. The van der Waals surface area contributed by atoms with Crippen LogP contribution in [0.15, 0.2) is 23.4 Å². The lowest BCUT2D eigenvalue weighted by Crippen LogP contribution is -2.43. The first-order valence-corrected chi connectivity index (χ1v) is 6.77. The third kappa shape index (κ3) is 3.84. The van der Waals surface area contributed by atoms with E-state index in [4.69, 9.17) is 20.4 Å². The number of rotatable bonds is 5. The van der Waals surface area contributed by atoms with Crippen LogP contribution in [0.3, 0.4) is 0 Å². The molecule has 1 unspecified atom stereocenters. The van der Waals surface area contributed by atoms with Crippen LogP contribution in [0.2, 0.25) is 0 Å². The van der Waals surface area contributed by atoms with Crippen LogP contribution in [0.5, 0.6) is 5.75 Å². The highest BCUT2D eigenvalue weighted by Gasteiger charge is 2.21. The molecule has 7 nitrogen and oxygen atoms in total. The number of ether oxygens (including phenoxy) is 2. The van der Waals surface area contributed by atoms with E-state index in [9.17, 15) is 5.11 Å². The number of methoxy groups -OCH3 is 1. The lowest BCUT2D eigenvalue weighted by molar-refractivity contribution is -0.0552. The Balaban J connectivity index is 2.17. The van der Waals surface area contributed by atoms with Gasteiger partial charge in [0.2, 0.25) is 0 Å². The smallest absolute Gasteiger partial charge is 0.170 e. The fraction of sp³-hybridized carbons (Fsp3) is 0.500. The zero-order valence-electron chi connectivity index (χ0n) is 12.0. The van der Waals surface area contributed by atoms with Crippen molar-refractivity contribution in [3.63, 3.8) is 0 Å². The summed E-state index contributed by atoms with van der Waals surface area (Å²) in [4.78, 5) is 2.18. The van der Waals surface area contributed by atoms with Crippen molar-refractivity contribution >= 4 is 5.84 Å². The highest BCUT2D eigenvalue weighted by Crippen LogP contribution is 2.22. The second-order valence-electron chi connectivity index (χ2n) is 4.92. The van der Waals surface area contributed by atoms with Crippen molar-refractivity contribution in [2.75, 3.05) is 33.4 Å². The Kier molecular flexibility index (Phi) is 5.38. The molecule has 1 atom stereocenters. The van der Waals surface area contributed by atoms with Crippen molar-refractivity contribution in [3.05, 3.63) is 29.3 Å². The van der Waals surface area contributed by atoms with Gasteiger partial charge in [0.1, 0.15) is 5.75 Å². The molecule has 0 bridgehead atoms. The van der Waals surface area contributed by atoms with Gasteiger partial charge in [0.25, 0.3) is 0 Å². The van der Waals surface area contributed by atoms with Crippen molar-refractivity contribution in [3.8, 4) is 5.75 Å². The molecule has 1 heterocycles. The second-order valence-corrected chi connectivity index (χ2v) is 4.92. The Labute approximate surface area is 123 Å². The van der Waals surface area contributed by atoms with Crippen LogP contribution in [0, 0.1) is 0 Å². The molecule has 0 saturated carbocycles. The van der Waals surface area contributed by atoms with E-state index < -0.39 is 0 Å². The number of oxime groups is 1. The van der Waals surface area contributed by atoms with E-state index in [1.807, 2.05) is 6.07 Å². The number of morpholine rings is 1. The number of amidine groups is 1. The molecule has 21 heavy (non-hydrogen) atoms. The van der Waals surface area contributed by atoms with Crippen molar-refractivity contribution in [2.24, 2.45) is 10.9 Å². The molecule has 7 heteroatoms. The number of aliphatic hydroxyl groups is 1. The Morgan fingerprint density at radius 3 is 3.05 bits per heavy atom. The molecular formula is C14H21N3O4. The SMILES string of the molecule is COc1ccc(/C(N)=N/O)cc1CN1CCOC(CO)C1. The van der Waals surface area contributed by atoms with Crippen molar-refractivity contribution in [1.29, 1.82) is 0 Å². The van der Waals surface area contributed by atoms with Gasteiger partial charge in [-0.05, 0) is 18.2 Å². The monoisotopic (exact) mass is 295 g/mol. The fourth-order valence-corrected chi connectivity index (χ4v) is 2.39. The molecule has 0 amide bonds. The van der Waals surface area contributed by atoms with E-state index in [2.05, 4.69) is 10.1 Å². The Hall–Kier alpha value is -1.83. The minimum absolute atomic E-state index is 0.0117. The van der Waals surface area contributed by atoms with Crippen LogP contribution >= 0.6 is 0 Å². The molecule has 0 radical (unpaired) electrons. The first-order chi connectivity index (χ1) is 10.2. The maximum atomic E-state index is 9.19. The summed E-state index contributed by atoms with van der Waals surface area (Å²) in [5, 5.41) is 21.0. The highest BCUT2D eigenvalue weighted by molar-refractivity contribution is 5.97. The first-order valence-electron chi connectivity index (χ1n) is 6.77. The molecule has 1 aromatic rings. The quantitative estimate of drug-likeness (QED) is 0.305. The van der Waals surface area contributed by atoms with E-state index in [0.29, 0.717) is 25.3 Å². The number of nitrogens with two attached hydrogens (primary N) is 1. The van der Waals surface area contributed by atoms with Crippen molar-refractivity contribution < 1.29 is 19.8 Å². The molecule has 0 aromatic heterocycles. The average molecular weight is 295 g/mol. The Morgan fingerprint density at radius 1 is 1.57 bits per heavy atom. The topological polar surface area (TPSA) is 101 Å². The van der Waals surface area contributed by atoms with Gasteiger partial charge in [-0.1, -0.05) is 5.16 Å². The number of hydrogen-bond donors (Lipinski definition) is 3. The largest absolute Gasteiger partial charge is 0.496 e. The summed E-state index contributed by atoms with van der Waals surface area (Å²) in [5.74, 6) is 0.811. The molecule has 1 aliphatic heterocycles. The summed E-state index contributed by atoms with van der Waals surface area (Å²) in [6.07, 6.45) is -0.156. The van der Waals surface area contributed by atoms with Gasteiger partial charge in [0.05, 0.1) is 26.4 Å². The third-order valence-corrected chi connectivity index (χ3v) is 3.50. The molecule has 4 N–H and O–H groups in total. The van der Waals surface area contributed by atoms with E-state index in [1.54, 1.807) is 19.2 Å². The molecule has 0 aliphatic carbocycles. The summed E-state index contributed by atoms with van der Waals surface area (Å²) >= 11 is 0. The van der Waals surface area contributed by atoms with E-state index in [-0.39, 0.29) is 18.5 Å². The van der Waals surface area contributed by atoms with Gasteiger partial charge in [0.15, 0.2) is 5.84 Å². The van der Waals surface area contributed by atoms with Crippen LogP contribution in [-0.2, 0) is 11.3 Å². The molecule has 116 valence electrons. The van der Waals surface area contributed by atoms with Crippen LogP contribution < -0.4 is 10.5 Å². The lowest BCUT2D eigenvalue weighted by Gasteiger charge is -2.32. The average Bonchev–Trinajstić information content (AvgIpc) is 2.54. The van der Waals surface area contributed by atoms with Gasteiger partial charge in [-0.25, -0.2) is 0 Å². The number of nitrogens with zero attached hydrogens (tertiary/aromatic N) is 2. The van der Waals surface area contributed by atoms with Gasteiger partial charge < -0.3 is 25.5 Å². The van der Waals surface area contributed by atoms with Crippen LogP contribution in [0.1, 0.15) is 11.1 Å². The molecule has 1 fully saturated rings. The number of benzene rings is 1. The molecule has 1 aliphatic rings. The predicted molar refractivity (Wildman–Crippen MR) is 77.6 cm³/mol. The highest BCUT2D eigenvalue weighted by atomic mass is 16.5. The summed E-state index contributed by atoms with van der Waals surface area (Å²) in [6.45, 7) is 2.70. The molecular weight excluding hydrogens is 274 g/mol. The van der Waals surface area contributed by atoms with Crippen LogP contribution in [0.4, 0.5) is 0 Å². The third-order valence-electron chi connectivity index (χ3n) is 3.50. The summed E-state index contributed by atoms with van der Waals surface area (Å²) < 4.78 is 10.8. The minimum atomic E-state index is -0.156. The van der Waals surface area contributed by atoms with Gasteiger partial charge in [-0.3, -0.25) is 4.90 Å². The number of hydrogen-bond acceptors (Lipinski definition) is 6. The van der Waals surface area contributed by atoms with Crippen molar-refractivity contribution in [1.82, 2.24) is 4.90 Å². The number of aliphatic hydroxyl groups excluding tert-OH is 1. The minimum Gasteiger partial charge on any atom is -0.496 e. The van der Waals surface area contributed by atoms with Gasteiger partial charge in [-0.15, -0.1) is 0 Å². The molecule has 2 rings (SSSR count). The van der Waals surface area contributed by atoms with Crippen LogP contribution in [0.25, 0.3) is 0 Å². The fourth-order valence-electron chi connectivity index (χ4n) is 2.39. The van der Waals surface area contributed by atoms with E-state index in [1.165, 1.54) is 0 Å². The Morgan fingerprint density at radius 2 is 2.38 bits per heavy atom. The normalized spacial score (nSPS) is 20.5. The first kappa shape index (κ1) is 15.6. The summed E-state index contributed by atoms with van der Waals surface area (Å²) in [6, 6.07) is 5.39. The summed E-state index contributed by atoms with van der Waals surface area (Å²) in [7, 11) is 1.61. The predicted octanol–water partition coefficient (Wildman–Crippen LogP) is -0.0172. The van der Waals surface area contributed by atoms with Gasteiger partial charge >= 0.3 is 0 Å². The zero-order chi connectivity index (χ0) is 15.2. The van der Waals surface area contributed by atoms with Gasteiger partial charge in [0, 0.05) is 30.8 Å². The lowest BCUT2D eigenvalue weighted by atomic mass is 10.1. The standard InChI is InChI=1S/C14H21N3O4/c1-20-13-3-2-10(14(15)16-19)6-11(13)7-17-4-5-21-12(8-17)9-18/h2-3,6,12,18-19H,4-5,7-9H2,1H3,(H2,15,16). The molecule has 0 spiro atoms. The van der Waals surface area contributed by atoms with Crippen molar-refractivity contribution in [2.45, 2.75) is 12.6 Å². The Bertz CT molecular complexity index is 507. The second kappa shape index (κ2) is 7.26. The molecule has 1 aromatic carbocycles.